The van der Waals surface area contributed by atoms with Crippen molar-refractivity contribution in [1.29, 1.82) is 0 Å². The summed E-state index contributed by atoms with van der Waals surface area (Å²) in [4.78, 5) is 8.73. The molecule has 2 N–H and O–H groups in total. The number of aromatic nitrogens is 1. The van der Waals surface area contributed by atoms with E-state index < -0.39 is 0 Å². The molecule has 2 rings (SSSR count). The van der Waals surface area contributed by atoms with Gasteiger partial charge in [-0.05, 0) is 12.1 Å². The fraction of sp³-hybridized carbons (Fsp3) is 0.333. The molecule has 1 aromatic carbocycles. The van der Waals surface area contributed by atoms with Crippen LogP contribution in [0.3, 0.4) is 0 Å². The number of benzene rings is 1. The Balaban J connectivity index is 0.00000220. The van der Waals surface area contributed by atoms with Crippen LogP contribution in [0.25, 0.3) is 10.9 Å². The molecule has 0 unspecified atom stereocenters. The molecule has 0 saturated heterocycles. The third-order valence-corrected chi connectivity index (χ3v) is 3.90. The molecule has 0 atom stereocenters. The van der Waals surface area contributed by atoms with Gasteiger partial charge in [-0.3, -0.25) is 9.98 Å². The van der Waals surface area contributed by atoms with Crippen molar-refractivity contribution in [1.82, 2.24) is 15.6 Å². The molecule has 0 spiro atoms. The number of hydrogen-bond acceptors (Lipinski definition) is 3. The average molecular weight is 361 g/mol. The van der Waals surface area contributed by atoms with Crippen molar-refractivity contribution >= 4 is 53.4 Å². The second kappa shape index (κ2) is 11.4. The van der Waals surface area contributed by atoms with Gasteiger partial charge in [0.25, 0.3) is 0 Å². The number of nitrogens with zero attached hydrogens (tertiary/aromatic N) is 2. The van der Waals surface area contributed by atoms with Gasteiger partial charge in [0.1, 0.15) is 0 Å². The van der Waals surface area contributed by atoms with Crippen LogP contribution in [-0.4, -0.2) is 37.3 Å². The van der Waals surface area contributed by atoms with E-state index in [4.69, 9.17) is 0 Å². The molecule has 7 heteroatoms. The van der Waals surface area contributed by atoms with E-state index in [2.05, 4.69) is 44.9 Å². The van der Waals surface area contributed by atoms with Crippen LogP contribution < -0.4 is 10.6 Å². The number of halogens is 2. The second-order valence-corrected chi connectivity index (χ2v) is 5.40. The molecule has 2 aromatic rings. The van der Waals surface area contributed by atoms with Crippen molar-refractivity contribution < 1.29 is 0 Å². The lowest BCUT2D eigenvalue weighted by atomic mass is 10.2. The lowest BCUT2D eigenvalue weighted by Gasteiger charge is -2.08. The average Bonchev–Trinajstić information content (AvgIpc) is 2.51. The minimum Gasteiger partial charge on any atom is -0.359 e. The minimum atomic E-state index is 0. The van der Waals surface area contributed by atoms with Gasteiger partial charge in [-0.1, -0.05) is 24.3 Å². The van der Waals surface area contributed by atoms with Crippen LogP contribution in [0.15, 0.2) is 41.4 Å². The highest BCUT2D eigenvalue weighted by Gasteiger charge is 1.99. The number of rotatable bonds is 5. The number of nitrogens with one attached hydrogen (secondary N) is 2. The highest BCUT2D eigenvalue weighted by molar-refractivity contribution is 7.98. The van der Waals surface area contributed by atoms with Gasteiger partial charge in [0, 0.05) is 37.5 Å². The van der Waals surface area contributed by atoms with E-state index in [1.807, 2.05) is 30.9 Å². The van der Waals surface area contributed by atoms with E-state index in [9.17, 15) is 0 Å². The van der Waals surface area contributed by atoms with E-state index in [1.165, 1.54) is 5.39 Å². The van der Waals surface area contributed by atoms with Crippen molar-refractivity contribution in [2.75, 3.05) is 26.4 Å². The Morgan fingerprint density at radius 2 is 1.95 bits per heavy atom. The zero-order valence-corrected chi connectivity index (χ0v) is 15.2. The first-order chi connectivity index (χ1) is 9.83. The second-order valence-electron chi connectivity index (χ2n) is 4.30. The van der Waals surface area contributed by atoms with Gasteiger partial charge < -0.3 is 10.6 Å². The van der Waals surface area contributed by atoms with E-state index in [1.54, 1.807) is 7.05 Å². The molecule has 0 saturated carbocycles. The zero-order chi connectivity index (χ0) is 14.2. The Hall–Kier alpha value is -1.17. The van der Waals surface area contributed by atoms with Gasteiger partial charge >= 0.3 is 0 Å². The number of guanidine groups is 1. The molecule has 0 fully saturated rings. The summed E-state index contributed by atoms with van der Waals surface area (Å²) < 4.78 is 0. The molecule has 0 aliphatic carbocycles. The van der Waals surface area contributed by atoms with Crippen molar-refractivity contribution in [2.24, 2.45) is 4.99 Å². The lowest BCUT2D eigenvalue weighted by molar-refractivity contribution is 0.912. The number of fused-ring (bicyclic) bond motifs is 1. The Kier molecular flexibility index (Phi) is 10.8. The summed E-state index contributed by atoms with van der Waals surface area (Å²) in [5.74, 6) is 2.79. The van der Waals surface area contributed by atoms with E-state index >= 15 is 0 Å². The molecule has 0 aliphatic rings. The Bertz CT molecular complexity index is 593. The van der Waals surface area contributed by atoms with Gasteiger partial charge in [-0.2, -0.15) is 11.8 Å². The van der Waals surface area contributed by atoms with E-state index in [0.717, 1.165) is 35.2 Å². The topological polar surface area (TPSA) is 49.3 Å². The maximum absolute atomic E-state index is 4.66. The van der Waals surface area contributed by atoms with Crippen LogP contribution in [-0.2, 0) is 5.75 Å². The number of pyridine rings is 1. The fourth-order valence-corrected chi connectivity index (χ4v) is 2.65. The quantitative estimate of drug-likeness (QED) is 0.488. The van der Waals surface area contributed by atoms with E-state index in [-0.39, 0.29) is 24.8 Å². The van der Waals surface area contributed by atoms with Crippen LogP contribution in [0, 0.1) is 0 Å². The minimum absolute atomic E-state index is 0. The van der Waals surface area contributed by atoms with Crippen molar-refractivity contribution in [2.45, 2.75) is 5.75 Å². The van der Waals surface area contributed by atoms with Gasteiger partial charge in [-0.15, -0.1) is 24.8 Å². The van der Waals surface area contributed by atoms with Gasteiger partial charge in [0.2, 0.25) is 0 Å². The summed E-state index contributed by atoms with van der Waals surface area (Å²) in [5, 5.41) is 7.43. The van der Waals surface area contributed by atoms with Gasteiger partial charge in [0.15, 0.2) is 5.96 Å². The molecular formula is C15H22Cl2N4S. The molecular weight excluding hydrogens is 339 g/mol. The number of para-hydroxylation sites is 1. The molecule has 1 heterocycles. The fourth-order valence-electron chi connectivity index (χ4n) is 1.89. The third kappa shape index (κ3) is 6.30. The maximum Gasteiger partial charge on any atom is 0.190 e. The SMILES string of the molecule is CN=C(NC)NCCSCc1ccc2ccccc2n1.Cl.Cl. The first-order valence-electron chi connectivity index (χ1n) is 6.64. The van der Waals surface area contributed by atoms with Crippen LogP contribution >= 0.6 is 36.6 Å². The van der Waals surface area contributed by atoms with Gasteiger partial charge in [0.05, 0.1) is 11.2 Å². The molecule has 22 heavy (non-hydrogen) atoms. The van der Waals surface area contributed by atoms with Crippen LogP contribution in [0.2, 0.25) is 0 Å². The number of thioether (sulfide) groups is 1. The highest BCUT2D eigenvalue weighted by Crippen LogP contribution is 2.15. The predicted molar refractivity (Wildman–Crippen MR) is 103 cm³/mol. The largest absolute Gasteiger partial charge is 0.359 e. The molecule has 0 aliphatic heterocycles. The number of hydrogen-bond donors (Lipinski definition) is 2. The molecule has 4 nitrogen and oxygen atoms in total. The maximum atomic E-state index is 4.66. The predicted octanol–water partition coefficient (Wildman–Crippen LogP) is 3.11. The summed E-state index contributed by atoms with van der Waals surface area (Å²) >= 11 is 1.87. The van der Waals surface area contributed by atoms with Gasteiger partial charge in [-0.25, -0.2) is 0 Å². The summed E-state index contributed by atoms with van der Waals surface area (Å²) in [6.45, 7) is 0.895. The smallest absolute Gasteiger partial charge is 0.190 e. The van der Waals surface area contributed by atoms with Crippen LogP contribution in [0.1, 0.15) is 5.69 Å². The summed E-state index contributed by atoms with van der Waals surface area (Å²) in [6.07, 6.45) is 0. The Morgan fingerprint density at radius 1 is 1.18 bits per heavy atom. The molecule has 0 radical (unpaired) electrons. The zero-order valence-electron chi connectivity index (χ0n) is 12.7. The summed E-state index contributed by atoms with van der Waals surface area (Å²) in [7, 11) is 3.63. The van der Waals surface area contributed by atoms with Crippen LogP contribution in [0.5, 0.6) is 0 Å². The Morgan fingerprint density at radius 3 is 2.68 bits per heavy atom. The normalized spacial score (nSPS) is 10.5. The lowest BCUT2D eigenvalue weighted by Crippen LogP contribution is -2.35. The monoisotopic (exact) mass is 360 g/mol. The van der Waals surface area contributed by atoms with Crippen molar-refractivity contribution in [3.63, 3.8) is 0 Å². The van der Waals surface area contributed by atoms with Crippen molar-refractivity contribution in [3.05, 3.63) is 42.1 Å². The molecule has 1 aromatic heterocycles. The summed E-state index contributed by atoms with van der Waals surface area (Å²) in [6, 6.07) is 12.5. The first-order valence-corrected chi connectivity index (χ1v) is 7.80. The molecule has 0 bridgehead atoms. The van der Waals surface area contributed by atoms with Crippen molar-refractivity contribution in [3.8, 4) is 0 Å². The van der Waals surface area contributed by atoms with E-state index in [0.29, 0.717) is 0 Å². The number of aliphatic imine (C=N–C) groups is 1. The Labute approximate surface area is 148 Å². The molecule has 122 valence electrons. The highest BCUT2D eigenvalue weighted by atomic mass is 35.5. The standard InChI is InChI=1S/C15H20N4S.2ClH/c1-16-15(17-2)18-9-10-20-11-13-8-7-12-5-3-4-6-14(12)19-13;;/h3-8H,9-11H2,1-2H3,(H2,16,17,18);2*1H. The third-order valence-electron chi connectivity index (χ3n) is 2.91. The van der Waals surface area contributed by atoms with Crippen LogP contribution in [0.4, 0.5) is 0 Å². The summed E-state index contributed by atoms with van der Waals surface area (Å²) in [5.41, 5.74) is 2.20. The molecule has 0 amide bonds. The first kappa shape index (κ1) is 20.8.